The molecule has 0 aromatic carbocycles. The summed E-state index contributed by atoms with van der Waals surface area (Å²) < 4.78 is 1.76. The molecule has 0 amide bonds. The van der Waals surface area contributed by atoms with Crippen molar-refractivity contribution in [1.29, 1.82) is 0 Å². The summed E-state index contributed by atoms with van der Waals surface area (Å²) in [5.74, 6) is 0. The molecule has 0 bridgehead atoms. The van der Waals surface area contributed by atoms with Crippen LogP contribution in [-0.4, -0.2) is 50.3 Å². The Kier molecular flexibility index (Phi) is 7.95. The standard InChI is InChI=1S/C6H14N3.ClH/c1-8(2)5-7-6-9(3)4;/h6H,1,5H2,2-4H3;1H/q+1;/p-1. The zero-order chi connectivity index (χ0) is 7.28. The summed E-state index contributed by atoms with van der Waals surface area (Å²) in [6.07, 6.45) is 1.77. The van der Waals surface area contributed by atoms with Gasteiger partial charge >= 0.3 is 0 Å². The van der Waals surface area contributed by atoms with E-state index in [1.807, 2.05) is 26.0 Å². The largest absolute Gasteiger partial charge is 1.00 e. The maximum atomic E-state index is 4.03. The Labute approximate surface area is 68.5 Å². The molecule has 0 spiro atoms. The van der Waals surface area contributed by atoms with Crippen LogP contribution >= 0.6 is 0 Å². The predicted octanol–water partition coefficient (Wildman–Crippen LogP) is -3.12. The fourth-order valence-electron chi connectivity index (χ4n) is 0.339. The topological polar surface area (TPSA) is 18.6 Å². The Morgan fingerprint density at radius 3 is 2.40 bits per heavy atom. The summed E-state index contributed by atoms with van der Waals surface area (Å²) in [5, 5.41) is 0. The Bertz CT molecular complexity index is 120. The normalized spacial score (nSPS) is 9.10. The van der Waals surface area contributed by atoms with Crippen molar-refractivity contribution in [1.82, 2.24) is 4.90 Å². The number of aliphatic imine (C=N–C) groups is 1. The summed E-state index contributed by atoms with van der Waals surface area (Å²) >= 11 is 0. The number of nitrogens with zero attached hydrogens (tertiary/aromatic N) is 3. The van der Waals surface area contributed by atoms with Gasteiger partial charge in [0, 0.05) is 14.1 Å². The zero-order valence-corrected chi connectivity index (χ0v) is 7.47. The first-order chi connectivity index (χ1) is 4.13. The third-order valence-corrected chi connectivity index (χ3v) is 0.636. The third-order valence-electron chi connectivity index (χ3n) is 0.636. The highest BCUT2D eigenvalue weighted by atomic mass is 35.5. The number of hydrogen-bond donors (Lipinski definition) is 0. The van der Waals surface area contributed by atoms with Crippen LogP contribution in [0.25, 0.3) is 0 Å². The minimum Gasteiger partial charge on any atom is -1.00 e. The highest BCUT2D eigenvalue weighted by Gasteiger charge is 1.82. The maximum absolute atomic E-state index is 4.03. The highest BCUT2D eigenvalue weighted by molar-refractivity contribution is 5.53. The fourth-order valence-corrected chi connectivity index (χ4v) is 0.339. The van der Waals surface area contributed by atoms with Gasteiger partial charge in [0.1, 0.15) is 13.8 Å². The predicted molar refractivity (Wildman–Crippen MR) is 40.4 cm³/mol. The number of rotatable bonds is 3. The van der Waals surface area contributed by atoms with Gasteiger partial charge in [0.05, 0.1) is 6.34 Å². The van der Waals surface area contributed by atoms with Gasteiger partial charge in [-0.05, 0) is 0 Å². The van der Waals surface area contributed by atoms with Crippen molar-refractivity contribution in [2.24, 2.45) is 4.99 Å². The molecule has 0 unspecified atom stereocenters. The van der Waals surface area contributed by atoms with E-state index in [4.69, 9.17) is 0 Å². The quantitative estimate of drug-likeness (QED) is 0.245. The molecule has 4 heteroatoms. The maximum Gasteiger partial charge on any atom is 0.236 e. The summed E-state index contributed by atoms with van der Waals surface area (Å²) in [6.45, 7) is 4.29. The van der Waals surface area contributed by atoms with E-state index in [0.717, 1.165) is 0 Å². The Hall–Kier alpha value is -0.570. The van der Waals surface area contributed by atoms with Crippen LogP contribution in [0.2, 0.25) is 0 Å². The Balaban J connectivity index is 0. The van der Waals surface area contributed by atoms with Crippen molar-refractivity contribution in [3.8, 4) is 0 Å². The van der Waals surface area contributed by atoms with Gasteiger partial charge in [-0.15, -0.1) is 0 Å². The van der Waals surface area contributed by atoms with Crippen molar-refractivity contribution in [3.63, 3.8) is 0 Å². The molecule has 0 N–H and O–H groups in total. The molecule has 0 aliphatic rings. The van der Waals surface area contributed by atoms with Gasteiger partial charge in [-0.2, -0.15) is 0 Å². The van der Waals surface area contributed by atoms with Crippen LogP contribution in [0.4, 0.5) is 0 Å². The summed E-state index contributed by atoms with van der Waals surface area (Å²) in [4.78, 5) is 5.93. The van der Waals surface area contributed by atoms with E-state index in [0.29, 0.717) is 6.67 Å². The first kappa shape index (κ1) is 12.1. The van der Waals surface area contributed by atoms with Gasteiger partial charge < -0.3 is 17.3 Å². The van der Waals surface area contributed by atoms with Gasteiger partial charge in [0.15, 0.2) is 0 Å². The lowest BCUT2D eigenvalue weighted by molar-refractivity contribution is -0.486. The molecule has 0 aliphatic carbocycles. The lowest BCUT2D eigenvalue weighted by atomic mass is 10.9. The first-order valence-corrected chi connectivity index (χ1v) is 2.81. The SMILES string of the molecule is C=[N+](C)CN=CN(C)C.[Cl-]. The second kappa shape index (κ2) is 6.55. The van der Waals surface area contributed by atoms with E-state index in [-0.39, 0.29) is 12.4 Å². The van der Waals surface area contributed by atoms with Gasteiger partial charge in [0.25, 0.3) is 0 Å². The van der Waals surface area contributed by atoms with Crippen LogP contribution in [0.5, 0.6) is 0 Å². The monoisotopic (exact) mass is 163 g/mol. The lowest BCUT2D eigenvalue weighted by Gasteiger charge is -1.99. The summed E-state index contributed by atoms with van der Waals surface area (Å²) in [5.41, 5.74) is 0. The van der Waals surface area contributed by atoms with E-state index in [2.05, 4.69) is 11.7 Å². The van der Waals surface area contributed by atoms with Crippen molar-refractivity contribution in [3.05, 3.63) is 0 Å². The van der Waals surface area contributed by atoms with Crippen molar-refractivity contribution >= 4 is 13.1 Å². The van der Waals surface area contributed by atoms with Crippen LogP contribution in [0.15, 0.2) is 4.99 Å². The van der Waals surface area contributed by atoms with E-state index in [9.17, 15) is 0 Å². The van der Waals surface area contributed by atoms with Gasteiger partial charge in [0.2, 0.25) is 6.67 Å². The highest BCUT2D eigenvalue weighted by Crippen LogP contribution is 1.68. The molecule has 0 saturated heterocycles. The smallest absolute Gasteiger partial charge is 0.236 e. The first-order valence-electron chi connectivity index (χ1n) is 2.81. The molecule has 0 atom stereocenters. The van der Waals surface area contributed by atoms with Gasteiger partial charge in [-0.25, -0.2) is 9.57 Å². The summed E-state index contributed by atoms with van der Waals surface area (Å²) in [6, 6.07) is 0. The average Bonchev–Trinajstić information content (AvgIpc) is 1.63. The minimum atomic E-state index is 0. The molecular weight excluding hydrogens is 150 g/mol. The van der Waals surface area contributed by atoms with Gasteiger partial charge in [-0.3, -0.25) is 0 Å². The molecule has 0 aliphatic heterocycles. The average molecular weight is 164 g/mol. The molecule has 0 aromatic rings. The van der Waals surface area contributed by atoms with E-state index in [1.54, 1.807) is 10.9 Å². The third kappa shape index (κ3) is 10.4. The molecule has 10 heavy (non-hydrogen) atoms. The molecule has 0 saturated carbocycles. The van der Waals surface area contributed by atoms with E-state index >= 15 is 0 Å². The molecule has 0 aromatic heterocycles. The molecule has 0 heterocycles. The molecule has 0 rings (SSSR count). The second-order valence-electron chi connectivity index (χ2n) is 2.26. The Morgan fingerprint density at radius 1 is 1.60 bits per heavy atom. The van der Waals surface area contributed by atoms with E-state index in [1.165, 1.54) is 0 Å². The van der Waals surface area contributed by atoms with Crippen LogP contribution < -0.4 is 12.4 Å². The minimum absolute atomic E-state index is 0. The van der Waals surface area contributed by atoms with E-state index < -0.39 is 0 Å². The summed E-state index contributed by atoms with van der Waals surface area (Å²) in [7, 11) is 5.76. The molecular formula is C6H14ClN3. The van der Waals surface area contributed by atoms with Gasteiger partial charge in [-0.1, -0.05) is 0 Å². The molecule has 3 nitrogen and oxygen atoms in total. The van der Waals surface area contributed by atoms with Crippen LogP contribution in [0.3, 0.4) is 0 Å². The van der Waals surface area contributed by atoms with Crippen LogP contribution in [0, 0.1) is 0 Å². The second-order valence-corrected chi connectivity index (χ2v) is 2.26. The van der Waals surface area contributed by atoms with Crippen LogP contribution in [0.1, 0.15) is 0 Å². The number of hydrogen-bond acceptors (Lipinski definition) is 1. The van der Waals surface area contributed by atoms with Crippen molar-refractivity contribution in [2.75, 3.05) is 27.8 Å². The van der Waals surface area contributed by atoms with Crippen molar-refractivity contribution < 1.29 is 17.0 Å². The molecule has 60 valence electrons. The molecule has 0 radical (unpaired) electrons. The van der Waals surface area contributed by atoms with Crippen molar-refractivity contribution in [2.45, 2.75) is 0 Å². The number of halogens is 1. The van der Waals surface area contributed by atoms with Crippen LogP contribution in [-0.2, 0) is 0 Å². The fraction of sp³-hybridized carbons (Fsp3) is 0.667. The Morgan fingerprint density at radius 2 is 2.10 bits per heavy atom. The zero-order valence-electron chi connectivity index (χ0n) is 6.71. The molecule has 0 fully saturated rings. The lowest BCUT2D eigenvalue weighted by Crippen LogP contribution is -3.00.